The monoisotopic (exact) mass is 321 g/mol. The number of piperazine rings is 1. The molecule has 0 aliphatic carbocycles. The van der Waals surface area contributed by atoms with Gasteiger partial charge < -0.3 is 9.64 Å². The van der Waals surface area contributed by atoms with Crippen LogP contribution in [-0.2, 0) is 19.1 Å². The van der Waals surface area contributed by atoms with E-state index < -0.39 is 0 Å². The van der Waals surface area contributed by atoms with Gasteiger partial charge in [0.25, 0.3) is 11.8 Å². The smallest absolute Gasteiger partial charge is 0.253 e. The summed E-state index contributed by atoms with van der Waals surface area (Å²) in [4.78, 5) is 40.3. The zero-order chi connectivity index (χ0) is 17.0. The van der Waals surface area contributed by atoms with E-state index in [0.717, 1.165) is 11.4 Å². The van der Waals surface area contributed by atoms with Crippen molar-refractivity contribution in [3.8, 4) is 0 Å². The van der Waals surface area contributed by atoms with Crippen molar-refractivity contribution in [3.05, 3.63) is 24.5 Å². The molecule has 3 amide bonds. The third kappa shape index (κ3) is 4.41. The van der Waals surface area contributed by atoms with Crippen molar-refractivity contribution in [3.63, 3.8) is 0 Å². The minimum atomic E-state index is -0.353. The van der Waals surface area contributed by atoms with Gasteiger partial charge in [0.2, 0.25) is 5.91 Å². The Morgan fingerprint density at radius 1 is 1.30 bits per heavy atom. The van der Waals surface area contributed by atoms with Gasteiger partial charge in [0.15, 0.2) is 0 Å². The fraction of sp³-hybridized carbons (Fsp3) is 0.562. The Labute approximate surface area is 136 Å². The van der Waals surface area contributed by atoms with Gasteiger partial charge in [-0.25, -0.2) is 0 Å². The van der Waals surface area contributed by atoms with E-state index >= 15 is 0 Å². The van der Waals surface area contributed by atoms with Gasteiger partial charge in [0.05, 0.1) is 11.8 Å². The van der Waals surface area contributed by atoms with E-state index in [1.54, 1.807) is 11.8 Å². The zero-order valence-corrected chi connectivity index (χ0v) is 13.7. The van der Waals surface area contributed by atoms with E-state index in [-0.39, 0.29) is 36.7 Å². The predicted molar refractivity (Wildman–Crippen MR) is 84.2 cm³/mol. The second kappa shape index (κ2) is 7.41. The number of imide groups is 1. The molecule has 1 saturated heterocycles. The third-order valence-electron chi connectivity index (χ3n) is 4.10. The highest BCUT2D eigenvalue weighted by Crippen LogP contribution is 2.12. The van der Waals surface area contributed by atoms with Gasteiger partial charge in [-0.15, -0.1) is 0 Å². The summed E-state index contributed by atoms with van der Waals surface area (Å²) < 4.78 is 5.47. The van der Waals surface area contributed by atoms with Crippen LogP contribution in [0, 0.1) is 0 Å². The summed E-state index contributed by atoms with van der Waals surface area (Å²) in [6.07, 6.45) is 2.61. The summed E-state index contributed by atoms with van der Waals surface area (Å²) in [6, 6.07) is 0.112. The first-order valence-corrected chi connectivity index (χ1v) is 7.68. The number of allylic oxidation sites excluding steroid dienone is 1. The summed E-state index contributed by atoms with van der Waals surface area (Å²) in [5, 5.41) is 0. The predicted octanol–water partition coefficient (Wildman–Crippen LogP) is -0.00570. The minimum Gasteiger partial charge on any atom is -0.497 e. The lowest BCUT2D eigenvalue weighted by Gasteiger charge is -2.39. The summed E-state index contributed by atoms with van der Waals surface area (Å²) in [6.45, 7) is 8.09. The summed E-state index contributed by atoms with van der Waals surface area (Å²) in [7, 11) is 2.00. The van der Waals surface area contributed by atoms with Crippen molar-refractivity contribution in [1.82, 2.24) is 14.7 Å². The SMILES string of the molecule is C=C(C)OCC1CN(C(=O)CCN2C(=O)C=CC2=O)CCN1C. The van der Waals surface area contributed by atoms with E-state index in [1.807, 2.05) is 7.05 Å². The average molecular weight is 321 g/mol. The number of amides is 3. The quantitative estimate of drug-likeness (QED) is 0.508. The Morgan fingerprint density at radius 3 is 2.57 bits per heavy atom. The van der Waals surface area contributed by atoms with Crippen LogP contribution in [0.2, 0.25) is 0 Å². The molecular weight excluding hydrogens is 298 g/mol. The third-order valence-corrected chi connectivity index (χ3v) is 4.10. The van der Waals surface area contributed by atoms with Gasteiger partial charge in [0.1, 0.15) is 6.61 Å². The van der Waals surface area contributed by atoms with Gasteiger partial charge in [0, 0.05) is 44.8 Å². The van der Waals surface area contributed by atoms with Gasteiger partial charge >= 0.3 is 0 Å². The van der Waals surface area contributed by atoms with E-state index in [2.05, 4.69) is 11.5 Å². The fourth-order valence-corrected chi connectivity index (χ4v) is 2.61. The van der Waals surface area contributed by atoms with Crippen molar-refractivity contribution in [1.29, 1.82) is 0 Å². The molecule has 2 heterocycles. The van der Waals surface area contributed by atoms with Crippen LogP contribution in [0.25, 0.3) is 0 Å². The number of rotatable bonds is 6. The molecule has 2 rings (SSSR count). The zero-order valence-electron chi connectivity index (χ0n) is 13.7. The fourth-order valence-electron chi connectivity index (χ4n) is 2.61. The van der Waals surface area contributed by atoms with Crippen molar-refractivity contribution in [2.75, 3.05) is 39.8 Å². The average Bonchev–Trinajstić information content (AvgIpc) is 2.82. The van der Waals surface area contributed by atoms with Gasteiger partial charge in [-0.3, -0.25) is 24.2 Å². The molecule has 2 aliphatic rings. The second-order valence-corrected chi connectivity index (χ2v) is 5.90. The number of carbonyl (C=O) groups is 3. The Bertz CT molecular complexity index is 525. The van der Waals surface area contributed by atoms with E-state index in [1.165, 1.54) is 12.2 Å². The number of carbonyl (C=O) groups excluding carboxylic acids is 3. The highest BCUT2D eigenvalue weighted by atomic mass is 16.5. The normalized spacial score (nSPS) is 21.9. The van der Waals surface area contributed by atoms with Crippen molar-refractivity contribution < 1.29 is 19.1 Å². The summed E-state index contributed by atoms with van der Waals surface area (Å²) in [5.41, 5.74) is 0. The van der Waals surface area contributed by atoms with E-state index in [4.69, 9.17) is 4.74 Å². The van der Waals surface area contributed by atoms with Crippen molar-refractivity contribution in [2.24, 2.45) is 0 Å². The molecule has 7 nitrogen and oxygen atoms in total. The summed E-state index contributed by atoms with van der Waals surface area (Å²) >= 11 is 0. The highest BCUT2D eigenvalue weighted by molar-refractivity contribution is 6.13. The molecule has 0 radical (unpaired) electrons. The largest absolute Gasteiger partial charge is 0.497 e. The molecule has 1 atom stereocenters. The Morgan fingerprint density at radius 2 is 1.96 bits per heavy atom. The Kier molecular flexibility index (Phi) is 5.54. The molecule has 0 bridgehead atoms. The van der Waals surface area contributed by atoms with Gasteiger partial charge in [-0.1, -0.05) is 6.58 Å². The van der Waals surface area contributed by atoms with Crippen LogP contribution >= 0.6 is 0 Å². The lowest BCUT2D eigenvalue weighted by Crippen LogP contribution is -2.55. The highest BCUT2D eigenvalue weighted by Gasteiger charge is 2.29. The number of ether oxygens (including phenoxy) is 1. The number of hydrogen-bond acceptors (Lipinski definition) is 5. The molecule has 1 fully saturated rings. The molecule has 0 aromatic heterocycles. The number of likely N-dealkylation sites (N-methyl/N-ethyl adjacent to an activating group) is 1. The Hall–Kier alpha value is -2.15. The summed E-state index contributed by atoms with van der Waals surface area (Å²) in [5.74, 6) is -0.103. The molecule has 0 spiro atoms. The van der Waals surface area contributed by atoms with Crippen molar-refractivity contribution in [2.45, 2.75) is 19.4 Å². The molecule has 2 aliphatic heterocycles. The Balaban J connectivity index is 1.83. The maximum Gasteiger partial charge on any atom is 0.253 e. The molecular formula is C16H23N3O4. The number of nitrogens with zero attached hydrogens (tertiary/aromatic N) is 3. The molecule has 7 heteroatoms. The van der Waals surface area contributed by atoms with Crippen LogP contribution in [0.5, 0.6) is 0 Å². The standard InChI is InChI=1S/C16H23N3O4/c1-12(2)23-11-13-10-18(9-8-17(13)3)14(20)6-7-19-15(21)4-5-16(19)22/h4-5,13H,1,6-11H2,2-3H3. The maximum atomic E-state index is 12.3. The van der Waals surface area contributed by atoms with Gasteiger partial charge in [-0.2, -0.15) is 0 Å². The van der Waals surface area contributed by atoms with Crippen LogP contribution in [0.15, 0.2) is 24.5 Å². The first-order chi connectivity index (χ1) is 10.9. The lowest BCUT2D eigenvalue weighted by molar-refractivity contribution is -0.139. The molecule has 0 saturated carbocycles. The van der Waals surface area contributed by atoms with Crippen LogP contribution in [0.4, 0.5) is 0 Å². The topological polar surface area (TPSA) is 70.2 Å². The molecule has 0 aromatic rings. The minimum absolute atomic E-state index is 0.0501. The molecule has 23 heavy (non-hydrogen) atoms. The molecule has 126 valence electrons. The van der Waals surface area contributed by atoms with E-state index in [0.29, 0.717) is 25.5 Å². The van der Waals surface area contributed by atoms with Crippen LogP contribution < -0.4 is 0 Å². The first kappa shape index (κ1) is 17.2. The number of hydrogen-bond donors (Lipinski definition) is 0. The van der Waals surface area contributed by atoms with Crippen molar-refractivity contribution >= 4 is 17.7 Å². The van der Waals surface area contributed by atoms with Crippen LogP contribution in [0.3, 0.4) is 0 Å². The van der Waals surface area contributed by atoms with Crippen LogP contribution in [-0.4, -0.2) is 78.3 Å². The molecule has 1 unspecified atom stereocenters. The maximum absolute atomic E-state index is 12.3. The van der Waals surface area contributed by atoms with E-state index in [9.17, 15) is 14.4 Å². The lowest BCUT2D eigenvalue weighted by atomic mass is 10.1. The second-order valence-electron chi connectivity index (χ2n) is 5.90. The molecule has 0 N–H and O–H groups in total. The first-order valence-electron chi connectivity index (χ1n) is 7.68. The molecule has 0 aromatic carbocycles. The van der Waals surface area contributed by atoms with Gasteiger partial charge in [-0.05, 0) is 14.0 Å². The van der Waals surface area contributed by atoms with Crippen LogP contribution in [0.1, 0.15) is 13.3 Å².